The van der Waals surface area contributed by atoms with Crippen LogP contribution in [-0.4, -0.2) is 15.2 Å². The van der Waals surface area contributed by atoms with Crippen LogP contribution < -0.4 is 19.9 Å². The second-order valence-corrected chi connectivity index (χ2v) is 5.71. The Bertz CT molecular complexity index is 738. The maximum absolute atomic E-state index is 12.1. The van der Waals surface area contributed by atoms with Crippen molar-refractivity contribution in [3.8, 4) is 11.5 Å². The number of nitrogens with one attached hydrogen (secondary N) is 1. The van der Waals surface area contributed by atoms with Gasteiger partial charge >= 0.3 is 0 Å². The molecule has 3 N–H and O–H groups in total. The van der Waals surface area contributed by atoms with Crippen molar-refractivity contribution >= 4 is 15.7 Å². The number of anilines is 1. The number of ether oxygens (including phenoxy) is 2. The van der Waals surface area contributed by atoms with Gasteiger partial charge in [0.1, 0.15) is 5.76 Å². The topological polar surface area (TPSA) is 104 Å². The maximum Gasteiger partial charge on any atom is 0.295 e. The number of benzene rings is 1. The molecule has 1 aromatic heterocycles. The summed E-state index contributed by atoms with van der Waals surface area (Å²) in [5.74, 6) is 1.47. The summed E-state index contributed by atoms with van der Waals surface area (Å²) in [7, 11) is -3.79. The van der Waals surface area contributed by atoms with Crippen LogP contribution in [0.2, 0.25) is 0 Å². The molecule has 1 aliphatic rings. The third-order valence-electron chi connectivity index (χ3n) is 2.73. The van der Waals surface area contributed by atoms with Crippen LogP contribution in [0.25, 0.3) is 0 Å². The second kappa shape index (κ2) is 4.73. The summed E-state index contributed by atoms with van der Waals surface area (Å²) in [6.07, 6.45) is 0. The molecule has 20 heavy (non-hydrogen) atoms. The van der Waals surface area contributed by atoms with E-state index < -0.39 is 10.0 Å². The monoisotopic (exact) mass is 296 g/mol. The van der Waals surface area contributed by atoms with Crippen LogP contribution in [0, 0.1) is 0 Å². The van der Waals surface area contributed by atoms with Gasteiger partial charge in [-0.25, -0.2) is 0 Å². The van der Waals surface area contributed by atoms with Crippen LogP contribution in [0.1, 0.15) is 5.76 Å². The molecule has 0 unspecified atom stereocenters. The van der Waals surface area contributed by atoms with Gasteiger partial charge in [0.2, 0.25) is 11.9 Å². The predicted octanol–water partition coefficient (Wildman–Crippen LogP) is 1.27. The summed E-state index contributed by atoms with van der Waals surface area (Å²) in [4.78, 5) is 0. The van der Waals surface area contributed by atoms with Gasteiger partial charge in [-0.15, -0.1) is 0 Å². The quantitative estimate of drug-likeness (QED) is 0.880. The summed E-state index contributed by atoms with van der Waals surface area (Å²) in [6, 6.07) is 7.64. The van der Waals surface area contributed by atoms with E-state index in [1.165, 1.54) is 12.1 Å². The molecule has 0 amide bonds. The Kier molecular flexibility index (Phi) is 3.03. The number of sulfonamides is 1. The SMILES string of the molecule is NCc1ccc(S(=O)(=O)Nc2ccc3c(c2)OCO3)o1. The lowest BCUT2D eigenvalue weighted by Crippen LogP contribution is -2.12. The number of nitrogens with two attached hydrogens (primary N) is 1. The zero-order chi connectivity index (χ0) is 14.2. The molecular weight excluding hydrogens is 284 g/mol. The minimum absolute atomic E-state index is 0.129. The molecule has 0 saturated heterocycles. The third-order valence-corrected chi connectivity index (χ3v) is 3.98. The minimum atomic E-state index is -3.79. The summed E-state index contributed by atoms with van der Waals surface area (Å²) in [5.41, 5.74) is 5.74. The predicted molar refractivity (Wildman–Crippen MR) is 70.0 cm³/mol. The Morgan fingerprint density at radius 1 is 1.15 bits per heavy atom. The molecule has 0 atom stereocenters. The van der Waals surface area contributed by atoms with E-state index in [-0.39, 0.29) is 18.4 Å². The van der Waals surface area contributed by atoms with E-state index >= 15 is 0 Å². The molecular formula is C12H12N2O5S. The fourth-order valence-corrected chi connectivity index (χ4v) is 2.78. The first-order valence-corrected chi connectivity index (χ1v) is 7.28. The van der Waals surface area contributed by atoms with E-state index in [0.29, 0.717) is 22.9 Å². The highest BCUT2D eigenvalue weighted by Crippen LogP contribution is 2.34. The molecule has 0 fully saturated rings. The van der Waals surface area contributed by atoms with Crippen LogP contribution in [0.3, 0.4) is 0 Å². The standard InChI is InChI=1S/C12H12N2O5S/c13-6-9-2-4-12(19-9)20(15,16)14-8-1-3-10-11(5-8)18-7-17-10/h1-5,14H,6-7,13H2. The van der Waals surface area contributed by atoms with Gasteiger partial charge in [0.15, 0.2) is 11.5 Å². The zero-order valence-corrected chi connectivity index (χ0v) is 11.1. The molecule has 0 aliphatic carbocycles. The minimum Gasteiger partial charge on any atom is -0.454 e. The number of rotatable bonds is 4. The van der Waals surface area contributed by atoms with E-state index in [4.69, 9.17) is 19.6 Å². The first kappa shape index (κ1) is 12.8. The van der Waals surface area contributed by atoms with Crippen molar-refractivity contribution in [3.05, 3.63) is 36.1 Å². The second-order valence-electron chi connectivity index (χ2n) is 4.10. The van der Waals surface area contributed by atoms with Gasteiger partial charge in [0.25, 0.3) is 10.0 Å². The molecule has 2 heterocycles. The number of furan rings is 1. The average molecular weight is 296 g/mol. The van der Waals surface area contributed by atoms with Crippen molar-refractivity contribution in [1.29, 1.82) is 0 Å². The summed E-state index contributed by atoms with van der Waals surface area (Å²) in [6.45, 7) is 0.267. The van der Waals surface area contributed by atoms with Gasteiger partial charge in [-0.2, -0.15) is 8.42 Å². The molecule has 2 aromatic rings. The molecule has 0 saturated carbocycles. The molecule has 1 aromatic carbocycles. The van der Waals surface area contributed by atoms with Gasteiger partial charge in [0.05, 0.1) is 12.2 Å². The fourth-order valence-electron chi connectivity index (χ4n) is 1.78. The van der Waals surface area contributed by atoms with E-state index in [9.17, 15) is 8.42 Å². The van der Waals surface area contributed by atoms with E-state index in [2.05, 4.69) is 4.72 Å². The first-order valence-electron chi connectivity index (χ1n) is 5.80. The molecule has 106 valence electrons. The zero-order valence-electron chi connectivity index (χ0n) is 10.3. The smallest absolute Gasteiger partial charge is 0.295 e. The van der Waals surface area contributed by atoms with Gasteiger partial charge in [-0.05, 0) is 24.3 Å². The van der Waals surface area contributed by atoms with Gasteiger partial charge in [-0.3, -0.25) is 4.72 Å². The lowest BCUT2D eigenvalue weighted by Gasteiger charge is -2.06. The number of hydrogen-bond donors (Lipinski definition) is 2. The maximum atomic E-state index is 12.1. The van der Waals surface area contributed by atoms with Crippen LogP contribution in [0.4, 0.5) is 5.69 Å². The first-order chi connectivity index (χ1) is 9.58. The largest absolute Gasteiger partial charge is 0.454 e. The molecule has 8 heteroatoms. The molecule has 3 rings (SSSR count). The Balaban J connectivity index is 1.86. The van der Waals surface area contributed by atoms with E-state index in [0.717, 1.165) is 0 Å². The Hall–Kier alpha value is -2.19. The van der Waals surface area contributed by atoms with Crippen molar-refractivity contribution in [3.63, 3.8) is 0 Å². The van der Waals surface area contributed by atoms with E-state index in [1.807, 2.05) is 0 Å². The van der Waals surface area contributed by atoms with Crippen molar-refractivity contribution in [2.24, 2.45) is 5.73 Å². The number of hydrogen-bond acceptors (Lipinski definition) is 6. The van der Waals surface area contributed by atoms with Gasteiger partial charge in [-0.1, -0.05) is 0 Å². The van der Waals surface area contributed by atoms with Crippen molar-refractivity contribution in [2.45, 2.75) is 11.6 Å². The molecule has 0 bridgehead atoms. The van der Waals surface area contributed by atoms with E-state index in [1.54, 1.807) is 18.2 Å². The fraction of sp³-hybridized carbons (Fsp3) is 0.167. The van der Waals surface area contributed by atoms with Crippen molar-refractivity contribution in [2.75, 3.05) is 11.5 Å². The number of fused-ring (bicyclic) bond motifs is 1. The van der Waals surface area contributed by atoms with Crippen molar-refractivity contribution in [1.82, 2.24) is 0 Å². The molecule has 0 radical (unpaired) electrons. The molecule has 1 aliphatic heterocycles. The highest BCUT2D eigenvalue weighted by molar-refractivity contribution is 7.92. The van der Waals surface area contributed by atoms with Gasteiger partial charge < -0.3 is 19.6 Å². The van der Waals surface area contributed by atoms with Crippen LogP contribution in [0.5, 0.6) is 11.5 Å². The lowest BCUT2D eigenvalue weighted by atomic mass is 10.3. The van der Waals surface area contributed by atoms with Crippen molar-refractivity contribution < 1.29 is 22.3 Å². The van der Waals surface area contributed by atoms with Gasteiger partial charge in [0, 0.05) is 6.07 Å². The van der Waals surface area contributed by atoms with Crippen LogP contribution in [0.15, 0.2) is 39.8 Å². The Morgan fingerprint density at radius 2 is 1.95 bits per heavy atom. The normalized spacial score (nSPS) is 13.4. The van der Waals surface area contributed by atoms with Crippen LogP contribution in [-0.2, 0) is 16.6 Å². The summed E-state index contributed by atoms with van der Waals surface area (Å²) < 4.78 is 42.1. The third kappa shape index (κ3) is 2.30. The molecule has 7 nitrogen and oxygen atoms in total. The lowest BCUT2D eigenvalue weighted by molar-refractivity contribution is 0.174. The molecule has 0 spiro atoms. The Morgan fingerprint density at radius 3 is 2.70 bits per heavy atom. The van der Waals surface area contributed by atoms with Crippen LogP contribution >= 0.6 is 0 Å². The summed E-state index contributed by atoms with van der Waals surface area (Å²) in [5, 5.41) is -0.185. The Labute approximate surface area is 115 Å². The average Bonchev–Trinajstić information content (AvgIpc) is 3.06. The highest BCUT2D eigenvalue weighted by atomic mass is 32.2. The highest BCUT2D eigenvalue weighted by Gasteiger charge is 2.20. The summed E-state index contributed by atoms with van der Waals surface area (Å²) >= 11 is 0.